The minimum atomic E-state index is 0.877. The van der Waals surface area contributed by atoms with Crippen LogP contribution in [0.4, 0.5) is 0 Å². The van der Waals surface area contributed by atoms with Crippen LogP contribution in [0.3, 0.4) is 0 Å². The fraction of sp³-hybridized carbons (Fsp3) is 0. The highest BCUT2D eigenvalue weighted by Crippen LogP contribution is 2.50. The minimum absolute atomic E-state index is 0.877. The summed E-state index contributed by atoms with van der Waals surface area (Å²) < 4.78 is 14.2. The van der Waals surface area contributed by atoms with Gasteiger partial charge in [0, 0.05) is 43.4 Å². The molecule has 11 aromatic rings. The third-order valence-corrected chi connectivity index (χ3v) is 10.2. The summed E-state index contributed by atoms with van der Waals surface area (Å²) in [5.41, 5.74) is 8.00. The molecule has 0 atom stereocenters. The van der Waals surface area contributed by atoms with Gasteiger partial charge in [0.2, 0.25) is 0 Å². The van der Waals surface area contributed by atoms with Crippen LogP contribution in [0.25, 0.3) is 109 Å². The van der Waals surface area contributed by atoms with Crippen LogP contribution in [0, 0.1) is 0 Å². The summed E-state index contributed by atoms with van der Waals surface area (Å²) in [5, 5.41) is 14.0. The summed E-state index contributed by atoms with van der Waals surface area (Å²) in [7, 11) is 0. The van der Waals surface area contributed by atoms with Crippen molar-refractivity contribution in [3.8, 4) is 22.3 Å². The van der Waals surface area contributed by atoms with Crippen molar-refractivity contribution in [3.05, 3.63) is 158 Å². The lowest BCUT2D eigenvalue weighted by Crippen LogP contribution is -1.93. The van der Waals surface area contributed by atoms with E-state index in [9.17, 15) is 0 Å². The van der Waals surface area contributed by atoms with E-state index in [4.69, 9.17) is 8.83 Å². The van der Waals surface area contributed by atoms with Gasteiger partial charge in [-0.05, 0) is 67.7 Å². The second-order valence-corrected chi connectivity index (χ2v) is 12.7. The normalized spacial score (nSPS) is 12.2. The number of rotatable bonds is 2. The zero-order chi connectivity index (χ0) is 31.3. The second-order valence-electron chi connectivity index (χ2n) is 12.7. The first-order chi connectivity index (χ1) is 23.8. The Morgan fingerprint density at radius 1 is 0.292 bits per heavy atom. The monoisotopic (exact) mass is 610 g/mol. The summed E-state index contributed by atoms with van der Waals surface area (Å²) in [6.45, 7) is 0. The largest absolute Gasteiger partial charge is 0.455 e. The summed E-state index contributed by atoms with van der Waals surface area (Å²) in [6.07, 6.45) is 0. The van der Waals surface area contributed by atoms with E-state index in [1.54, 1.807) is 0 Å². The molecule has 2 heterocycles. The van der Waals surface area contributed by atoms with Crippen LogP contribution >= 0.6 is 0 Å². The fourth-order valence-corrected chi connectivity index (χ4v) is 8.20. The highest BCUT2D eigenvalue weighted by Gasteiger charge is 2.24. The molecule has 11 rings (SSSR count). The SMILES string of the molecule is c1ccc(-c2cc3ccccc3c3c2oc2cccc4c2c3c2cccc3oc5c(-c6ccccc6)cc6ccccc6c5c4c32)cc1. The average Bonchev–Trinajstić information content (AvgIpc) is 3.15. The molecule has 0 fully saturated rings. The lowest BCUT2D eigenvalue weighted by Gasteiger charge is -2.20. The van der Waals surface area contributed by atoms with E-state index < -0.39 is 0 Å². The summed E-state index contributed by atoms with van der Waals surface area (Å²) in [4.78, 5) is 0. The van der Waals surface area contributed by atoms with Crippen molar-refractivity contribution in [2.24, 2.45) is 0 Å². The molecule has 48 heavy (non-hydrogen) atoms. The molecule has 0 spiro atoms. The molecule has 222 valence electrons. The molecule has 0 bridgehead atoms. The molecule has 2 nitrogen and oxygen atoms in total. The highest BCUT2D eigenvalue weighted by atomic mass is 16.3. The lowest BCUT2D eigenvalue weighted by molar-refractivity contribution is 0.662. The Morgan fingerprint density at radius 2 is 0.688 bits per heavy atom. The molecule has 9 aromatic carbocycles. The maximum absolute atomic E-state index is 7.08. The van der Waals surface area contributed by atoms with Crippen LogP contribution in [0.1, 0.15) is 0 Å². The quantitative estimate of drug-likeness (QED) is 0.144. The van der Waals surface area contributed by atoms with Gasteiger partial charge >= 0.3 is 0 Å². The van der Waals surface area contributed by atoms with Crippen LogP contribution in [0.15, 0.2) is 167 Å². The van der Waals surface area contributed by atoms with Crippen molar-refractivity contribution in [2.45, 2.75) is 0 Å². The van der Waals surface area contributed by atoms with Crippen molar-refractivity contribution in [1.29, 1.82) is 0 Å². The fourth-order valence-electron chi connectivity index (χ4n) is 8.20. The van der Waals surface area contributed by atoms with E-state index in [2.05, 4.69) is 158 Å². The van der Waals surface area contributed by atoms with E-state index in [0.29, 0.717) is 0 Å². The molecule has 0 saturated heterocycles. The van der Waals surface area contributed by atoms with Crippen molar-refractivity contribution >= 4 is 87.0 Å². The van der Waals surface area contributed by atoms with Gasteiger partial charge in [-0.2, -0.15) is 0 Å². The number of hydrogen-bond acceptors (Lipinski definition) is 2. The Labute approximate surface area is 275 Å². The van der Waals surface area contributed by atoms with Gasteiger partial charge in [-0.3, -0.25) is 0 Å². The molecule has 0 N–H and O–H groups in total. The van der Waals surface area contributed by atoms with Crippen LogP contribution in [-0.4, -0.2) is 0 Å². The summed E-state index contributed by atoms with van der Waals surface area (Å²) in [5.74, 6) is 0. The van der Waals surface area contributed by atoms with E-state index in [1.165, 1.54) is 43.1 Å². The van der Waals surface area contributed by atoms with Crippen molar-refractivity contribution in [3.63, 3.8) is 0 Å². The minimum Gasteiger partial charge on any atom is -0.455 e. The molecule has 0 aliphatic heterocycles. The Balaban J connectivity index is 1.46. The van der Waals surface area contributed by atoms with Crippen LogP contribution < -0.4 is 0 Å². The second kappa shape index (κ2) is 9.57. The van der Waals surface area contributed by atoms with Crippen LogP contribution in [-0.2, 0) is 0 Å². The smallest absolute Gasteiger partial charge is 0.143 e. The first-order valence-corrected chi connectivity index (χ1v) is 16.4. The van der Waals surface area contributed by atoms with Crippen LogP contribution in [0.2, 0.25) is 0 Å². The Morgan fingerprint density at radius 3 is 1.15 bits per heavy atom. The number of benzene rings is 9. The van der Waals surface area contributed by atoms with Gasteiger partial charge in [0.25, 0.3) is 0 Å². The predicted octanol–water partition coefficient (Wildman–Crippen LogP) is 13.4. The lowest BCUT2D eigenvalue weighted by atomic mass is 9.86. The Kier molecular flexibility index (Phi) is 5.14. The van der Waals surface area contributed by atoms with E-state index >= 15 is 0 Å². The maximum atomic E-state index is 7.08. The third kappa shape index (κ3) is 3.41. The molecular weight excluding hydrogens is 585 g/mol. The summed E-state index contributed by atoms with van der Waals surface area (Å²) >= 11 is 0. The Hall–Kier alpha value is -6.38. The maximum Gasteiger partial charge on any atom is 0.143 e. The Bertz CT molecular complexity index is 2880. The topological polar surface area (TPSA) is 26.3 Å². The van der Waals surface area contributed by atoms with Crippen molar-refractivity contribution in [1.82, 2.24) is 0 Å². The van der Waals surface area contributed by atoms with Gasteiger partial charge in [0.15, 0.2) is 0 Å². The van der Waals surface area contributed by atoms with Crippen molar-refractivity contribution in [2.75, 3.05) is 0 Å². The molecule has 2 heteroatoms. The molecule has 2 aromatic heterocycles. The van der Waals surface area contributed by atoms with Gasteiger partial charge in [-0.1, -0.05) is 133 Å². The molecule has 0 saturated carbocycles. The van der Waals surface area contributed by atoms with E-state index in [1.807, 2.05) is 0 Å². The summed E-state index contributed by atoms with van der Waals surface area (Å²) in [6, 6.07) is 56.2. The molecule has 0 radical (unpaired) electrons. The molecule has 0 amide bonds. The van der Waals surface area contributed by atoms with Gasteiger partial charge in [0.05, 0.1) is 0 Å². The first kappa shape index (κ1) is 25.8. The predicted molar refractivity (Wildman–Crippen MR) is 202 cm³/mol. The molecule has 0 unspecified atom stereocenters. The van der Waals surface area contributed by atoms with Crippen molar-refractivity contribution < 1.29 is 8.83 Å². The van der Waals surface area contributed by atoms with Gasteiger partial charge in [-0.25, -0.2) is 0 Å². The standard InChI is InChI=1S/C46H26O2/c1-3-13-27(14-4-1)35-25-29-17-7-9-19-31(29)43-41-33-21-12-24-38-40(33)42(34-22-11-23-37(39(34)41)47-45(35)43)44-32-20-10-8-18-30(32)26-36(46(44)48-38)28-15-5-2-6-16-28/h1-26H. The highest BCUT2D eigenvalue weighted by molar-refractivity contribution is 6.43. The number of fused-ring (bicyclic) bond motifs is 10. The number of hydrogen-bond donors (Lipinski definition) is 0. The van der Waals surface area contributed by atoms with Gasteiger partial charge in [-0.15, -0.1) is 0 Å². The van der Waals surface area contributed by atoms with Crippen LogP contribution in [0.5, 0.6) is 0 Å². The van der Waals surface area contributed by atoms with E-state index in [-0.39, 0.29) is 0 Å². The average molecular weight is 611 g/mol. The third-order valence-electron chi connectivity index (χ3n) is 10.2. The molecule has 0 aliphatic carbocycles. The first-order valence-electron chi connectivity index (χ1n) is 16.4. The zero-order valence-corrected chi connectivity index (χ0v) is 25.8. The molecule has 0 aliphatic rings. The van der Waals surface area contributed by atoms with E-state index in [0.717, 1.165) is 66.1 Å². The van der Waals surface area contributed by atoms with Gasteiger partial charge in [0.1, 0.15) is 22.3 Å². The van der Waals surface area contributed by atoms with Gasteiger partial charge < -0.3 is 8.83 Å². The molecular formula is C46H26O2. The zero-order valence-electron chi connectivity index (χ0n) is 25.8.